The van der Waals surface area contributed by atoms with Crippen molar-refractivity contribution in [3.05, 3.63) is 74.3 Å². The molecule has 0 aliphatic carbocycles. The van der Waals surface area contributed by atoms with E-state index in [1.807, 2.05) is 20.8 Å². The second-order valence-electron chi connectivity index (χ2n) is 7.78. The maximum atomic E-state index is 14.7. The Hall–Kier alpha value is -2.90. The third-order valence-electron chi connectivity index (χ3n) is 5.30. The lowest BCUT2D eigenvalue weighted by atomic mass is 9.99. The normalized spacial score (nSPS) is 12.3. The first-order chi connectivity index (χ1) is 15.2. The van der Waals surface area contributed by atoms with Crippen LogP contribution in [0.15, 0.2) is 41.2 Å². The second kappa shape index (κ2) is 9.71. The molecule has 0 aliphatic rings. The first-order valence-electron chi connectivity index (χ1n) is 10.3. The van der Waals surface area contributed by atoms with E-state index in [1.165, 1.54) is 18.2 Å². The largest absolute Gasteiger partial charge is 0.489 e. The first kappa shape index (κ1) is 23.8. The van der Waals surface area contributed by atoms with Crippen LogP contribution in [-0.4, -0.2) is 33.5 Å². The summed E-state index contributed by atoms with van der Waals surface area (Å²) < 4.78 is 22.3. The van der Waals surface area contributed by atoms with Gasteiger partial charge in [0.2, 0.25) is 5.43 Å². The fourth-order valence-corrected chi connectivity index (χ4v) is 4.07. The molecule has 0 saturated carbocycles. The Balaban J connectivity index is 2.50. The van der Waals surface area contributed by atoms with E-state index in [9.17, 15) is 24.2 Å². The summed E-state index contributed by atoms with van der Waals surface area (Å²) >= 11 is 5.93. The maximum absolute atomic E-state index is 14.7. The van der Waals surface area contributed by atoms with Crippen LogP contribution in [0.5, 0.6) is 5.75 Å². The second-order valence-corrected chi connectivity index (χ2v) is 8.19. The number of para-hydroxylation sites is 1. The number of hydrogen-bond acceptors (Lipinski definition) is 4. The van der Waals surface area contributed by atoms with Crippen LogP contribution in [0.1, 0.15) is 54.8 Å². The van der Waals surface area contributed by atoms with Gasteiger partial charge in [-0.1, -0.05) is 36.7 Å². The Morgan fingerprint density at radius 2 is 1.91 bits per heavy atom. The van der Waals surface area contributed by atoms with Gasteiger partial charge >= 0.3 is 5.97 Å². The van der Waals surface area contributed by atoms with Crippen LogP contribution in [0, 0.1) is 5.82 Å². The number of aliphatic hydroxyl groups excluding tert-OH is 1. The van der Waals surface area contributed by atoms with Crippen molar-refractivity contribution in [3.63, 3.8) is 0 Å². The topological polar surface area (TPSA) is 88.8 Å². The van der Waals surface area contributed by atoms with Crippen molar-refractivity contribution in [2.75, 3.05) is 6.61 Å². The number of carbonyl (C=O) groups is 1. The SMILES string of the molecule is CCC(CO)n1c(Cc2cccc(Cl)c2F)c(C(=O)O)c(=O)c2cccc(OC(C)C)c21. The molecule has 170 valence electrons. The molecule has 32 heavy (non-hydrogen) atoms. The number of aliphatic hydroxyl groups is 1. The molecule has 6 nitrogen and oxygen atoms in total. The Bertz CT molecular complexity index is 1220. The van der Waals surface area contributed by atoms with Gasteiger partial charge in [-0.2, -0.15) is 0 Å². The number of benzene rings is 2. The molecule has 3 aromatic rings. The summed E-state index contributed by atoms with van der Waals surface area (Å²) in [6.45, 7) is 5.19. The van der Waals surface area contributed by atoms with Crippen LogP contribution in [0.25, 0.3) is 10.9 Å². The third-order valence-corrected chi connectivity index (χ3v) is 5.60. The Morgan fingerprint density at radius 3 is 2.50 bits per heavy atom. The smallest absolute Gasteiger partial charge is 0.341 e. The zero-order valence-electron chi connectivity index (χ0n) is 18.1. The molecule has 1 aromatic heterocycles. The lowest BCUT2D eigenvalue weighted by molar-refractivity contribution is 0.0692. The van der Waals surface area contributed by atoms with Gasteiger partial charge in [-0.15, -0.1) is 0 Å². The fourth-order valence-electron chi connectivity index (χ4n) is 3.88. The Morgan fingerprint density at radius 1 is 1.22 bits per heavy atom. The molecule has 0 amide bonds. The number of aromatic carboxylic acids is 1. The van der Waals surface area contributed by atoms with E-state index >= 15 is 0 Å². The molecule has 8 heteroatoms. The number of ether oxygens (including phenoxy) is 1. The van der Waals surface area contributed by atoms with Crippen molar-refractivity contribution in [2.45, 2.75) is 45.8 Å². The van der Waals surface area contributed by atoms with Crippen LogP contribution in [-0.2, 0) is 6.42 Å². The third kappa shape index (κ3) is 4.36. The highest BCUT2D eigenvalue weighted by Gasteiger charge is 2.28. The van der Waals surface area contributed by atoms with E-state index in [1.54, 1.807) is 22.8 Å². The molecule has 0 spiro atoms. The highest BCUT2D eigenvalue weighted by molar-refractivity contribution is 6.30. The number of nitrogens with zero attached hydrogens (tertiary/aromatic N) is 1. The van der Waals surface area contributed by atoms with Crippen LogP contribution in [0.3, 0.4) is 0 Å². The average Bonchev–Trinajstić information content (AvgIpc) is 2.73. The first-order valence-corrected chi connectivity index (χ1v) is 10.7. The van der Waals surface area contributed by atoms with E-state index in [2.05, 4.69) is 0 Å². The minimum absolute atomic E-state index is 0.0804. The van der Waals surface area contributed by atoms with Crippen LogP contribution in [0.4, 0.5) is 4.39 Å². The summed E-state index contributed by atoms with van der Waals surface area (Å²) in [5, 5.41) is 20.1. The van der Waals surface area contributed by atoms with Crippen molar-refractivity contribution in [3.8, 4) is 5.75 Å². The van der Waals surface area contributed by atoms with Gasteiger partial charge in [0.25, 0.3) is 0 Å². The van der Waals surface area contributed by atoms with Gasteiger partial charge in [0.1, 0.15) is 17.1 Å². The summed E-state index contributed by atoms with van der Waals surface area (Å²) in [5.74, 6) is -1.73. The van der Waals surface area contributed by atoms with E-state index < -0.39 is 28.8 Å². The minimum atomic E-state index is -1.42. The minimum Gasteiger partial charge on any atom is -0.489 e. The number of hydrogen-bond donors (Lipinski definition) is 2. The highest BCUT2D eigenvalue weighted by Crippen LogP contribution is 2.33. The van der Waals surface area contributed by atoms with Gasteiger partial charge in [-0.05, 0) is 44.0 Å². The number of aromatic nitrogens is 1. The summed E-state index contributed by atoms with van der Waals surface area (Å²) in [6, 6.07) is 8.71. The van der Waals surface area contributed by atoms with Crippen LogP contribution in [0.2, 0.25) is 5.02 Å². The zero-order valence-corrected chi connectivity index (χ0v) is 18.8. The van der Waals surface area contributed by atoms with E-state index in [0.717, 1.165) is 0 Å². The van der Waals surface area contributed by atoms with Crippen molar-refractivity contribution in [2.24, 2.45) is 0 Å². The summed E-state index contributed by atoms with van der Waals surface area (Å²) in [4.78, 5) is 25.5. The number of fused-ring (bicyclic) bond motifs is 1. The standard InChI is InChI=1S/C24H25ClFNO5/c1-4-15(12-28)27-18(11-14-7-5-9-17(25)21(14)26)20(24(30)31)23(29)16-8-6-10-19(22(16)27)32-13(2)3/h5-10,13,15,28H,4,11-12H2,1-3H3,(H,30,31). The van der Waals surface area contributed by atoms with E-state index in [4.69, 9.17) is 16.3 Å². The monoisotopic (exact) mass is 461 g/mol. The molecule has 2 N–H and O–H groups in total. The van der Waals surface area contributed by atoms with Crippen LogP contribution < -0.4 is 10.2 Å². The molecule has 0 fully saturated rings. The maximum Gasteiger partial charge on any atom is 0.341 e. The van der Waals surface area contributed by atoms with E-state index in [-0.39, 0.29) is 40.8 Å². The molecule has 0 aliphatic heterocycles. The van der Waals surface area contributed by atoms with Gasteiger partial charge in [0.15, 0.2) is 0 Å². The van der Waals surface area contributed by atoms with Gasteiger partial charge in [-0.25, -0.2) is 9.18 Å². The van der Waals surface area contributed by atoms with Gasteiger partial charge in [0, 0.05) is 12.1 Å². The molecule has 3 rings (SSSR count). The van der Waals surface area contributed by atoms with Gasteiger partial charge in [-0.3, -0.25) is 4.79 Å². The number of carboxylic acid groups (broad SMARTS) is 1. The quantitative estimate of drug-likeness (QED) is 0.502. The molecule has 0 radical (unpaired) electrons. The van der Waals surface area contributed by atoms with Crippen molar-refractivity contribution >= 4 is 28.5 Å². The number of halogens is 2. The Kier molecular flexibility index (Phi) is 7.21. The van der Waals surface area contributed by atoms with Crippen molar-refractivity contribution in [1.29, 1.82) is 0 Å². The molecule has 1 atom stereocenters. The predicted octanol–water partition coefficient (Wildman–Crippen LogP) is 4.81. The van der Waals surface area contributed by atoms with Gasteiger partial charge < -0.3 is 19.5 Å². The number of rotatable bonds is 8. The predicted molar refractivity (Wildman–Crippen MR) is 122 cm³/mol. The molecule has 1 unspecified atom stereocenters. The van der Waals surface area contributed by atoms with Crippen molar-refractivity contribution in [1.82, 2.24) is 4.57 Å². The highest BCUT2D eigenvalue weighted by atomic mass is 35.5. The summed E-state index contributed by atoms with van der Waals surface area (Å²) in [7, 11) is 0. The lowest BCUT2D eigenvalue weighted by Gasteiger charge is -2.27. The molecular formula is C24H25ClFNO5. The number of carboxylic acids is 1. The Labute approximate surface area is 189 Å². The zero-order chi connectivity index (χ0) is 23.6. The number of pyridine rings is 1. The average molecular weight is 462 g/mol. The molecule has 0 bridgehead atoms. The summed E-state index contributed by atoms with van der Waals surface area (Å²) in [5.41, 5.74) is -0.567. The van der Waals surface area contributed by atoms with Crippen molar-refractivity contribution < 1.29 is 24.1 Å². The molecule has 2 aromatic carbocycles. The van der Waals surface area contributed by atoms with E-state index in [0.29, 0.717) is 17.7 Å². The van der Waals surface area contributed by atoms with Crippen LogP contribution >= 0.6 is 11.6 Å². The lowest BCUT2D eigenvalue weighted by Crippen LogP contribution is -2.28. The molecular weight excluding hydrogens is 437 g/mol. The molecule has 0 saturated heterocycles. The summed E-state index contributed by atoms with van der Waals surface area (Å²) in [6.07, 6.45) is 0.0200. The molecule has 1 heterocycles. The fraction of sp³-hybridized carbons (Fsp3) is 0.333. The van der Waals surface area contributed by atoms with Gasteiger partial charge in [0.05, 0.1) is 34.7 Å².